The van der Waals surface area contributed by atoms with E-state index in [2.05, 4.69) is 6.92 Å². The van der Waals surface area contributed by atoms with E-state index in [0.29, 0.717) is 24.8 Å². The van der Waals surface area contributed by atoms with Gasteiger partial charge in [-0.05, 0) is 24.6 Å². The summed E-state index contributed by atoms with van der Waals surface area (Å²) in [5, 5.41) is 0. The van der Waals surface area contributed by atoms with Crippen molar-refractivity contribution in [2.75, 3.05) is 0 Å². The first-order chi connectivity index (χ1) is 13.1. The quantitative estimate of drug-likeness (QED) is 0.395. The zero-order valence-corrected chi connectivity index (χ0v) is 15.6. The normalized spacial score (nSPS) is 26.8. The molecule has 1 aromatic rings. The molecule has 27 heavy (non-hydrogen) atoms. The number of unbranched alkanes of at least 4 members (excludes halogenated alkanes) is 2. The van der Waals surface area contributed by atoms with E-state index in [-0.39, 0.29) is 41.8 Å². The lowest BCUT2D eigenvalue weighted by atomic mass is 9.91. The van der Waals surface area contributed by atoms with Crippen LogP contribution in [0.15, 0.2) is 42.5 Å². The smallest absolute Gasteiger partial charge is 0.338 e. The van der Waals surface area contributed by atoms with Gasteiger partial charge in [0.25, 0.3) is 0 Å². The number of hydrogen-bond donors (Lipinski definition) is 0. The van der Waals surface area contributed by atoms with Gasteiger partial charge in [0, 0.05) is 24.7 Å². The molecule has 0 aromatic heterocycles. The Morgan fingerprint density at radius 3 is 2.74 bits per heavy atom. The Morgan fingerprint density at radius 1 is 1.22 bits per heavy atom. The van der Waals surface area contributed by atoms with Crippen LogP contribution >= 0.6 is 0 Å². The molecule has 0 unspecified atom stereocenters. The number of allylic oxidation sites excluding steroid dienone is 1. The first-order valence-corrected chi connectivity index (χ1v) is 9.75. The second-order valence-electron chi connectivity index (χ2n) is 7.30. The van der Waals surface area contributed by atoms with Crippen LogP contribution in [0.4, 0.5) is 0 Å². The van der Waals surface area contributed by atoms with Crippen LogP contribution in [0.3, 0.4) is 0 Å². The highest BCUT2D eigenvalue weighted by Crippen LogP contribution is 2.43. The van der Waals surface area contributed by atoms with Gasteiger partial charge < -0.3 is 9.47 Å². The lowest BCUT2D eigenvalue weighted by Gasteiger charge is -2.20. The van der Waals surface area contributed by atoms with Crippen molar-refractivity contribution >= 4 is 17.7 Å². The van der Waals surface area contributed by atoms with Crippen molar-refractivity contribution in [1.29, 1.82) is 0 Å². The molecular formula is C22H26O5. The van der Waals surface area contributed by atoms with Gasteiger partial charge in [-0.25, -0.2) is 4.79 Å². The van der Waals surface area contributed by atoms with Gasteiger partial charge in [-0.2, -0.15) is 0 Å². The van der Waals surface area contributed by atoms with E-state index < -0.39 is 0 Å². The molecule has 4 atom stereocenters. The number of rotatable bonds is 8. The second kappa shape index (κ2) is 8.98. The van der Waals surface area contributed by atoms with Crippen LogP contribution in [-0.2, 0) is 19.1 Å². The molecule has 1 aromatic carbocycles. The maximum absolute atomic E-state index is 12.4. The highest BCUT2D eigenvalue weighted by molar-refractivity contribution is 5.90. The molecule has 5 heteroatoms. The third-order valence-corrected chi connectivity index (χ3v) is 5.35. The summed E-state index contributed by atoms with van der Waals surface area (Å²) in [6.07, 6.45) is 7.08. The van der Waals surface area contributed by atoms with Crippen LogP contribution in [0.2, 0.25) is 0 Å². The van der Waals surface area contributed by atoms with Crippen LogP contribution in [0.1, 0.15) is 55.8 Å². The molecule has 1 aliphatic heterocycles. The predicted octanol–water partition coefficient (Wildman–Crippen LogP) is 3.87. The van der Waals surface area contributed by atoms with Crippen LogP contribution < -0.4 is 0 Å². The van der Waals surface area contributed by atoms with E-state index >= 15 is 0 Å². The van der Waals surface area contributed by atoms with Gasteiger partial charge in [0.15, 0.2) is 5.78 Å². The minimum Gasteiger partial charge on any atom is -0.462 e. The number of carbonyl (C=O) groups is 3. The molecule has 0 N–H and O–H groups in total. The number of carbonyl (C=O) groups excluding carboxylic acids is 3. The summed E-state index contributed by atoms with van der Waals surface area (Å²) in [4.78, 5) is 36.2. The fraction of sp³-hybridized carbons (Fsp3) is 0.500. The molecule has 2 fully saturated rings. The first-order valence-electron chi connectivity index (χ1n) is 9.75. The average molecular weight is 370 g/mol. The number of ketones is 1. The predicted molar refractivity (Wildman–Crippen MR) is 100 cm³/mol. The molecule has 1 saturated heterocycles. The maximum atomic E-state index is 12.4. The van der Waals surface area contributed by atoms with Crippen molar-refractivity contribution in [2.45, 2.75) is 57.7 Å². The van der Waals surface area contributed by atoms with Crippen LogP contribution in [0, 0.1) is 11.8 Å². The average Bonchev–Trinajstić information content (AvgIpc) is 3.16. The van der Waals surface area contributed by atoms with E-state index in [1.807, 2.05) is 12.1 Å². The molecule has 2 aliphatic rings. The van der Waals surface area contributed by atoms with E-state index in [1.165, 1.54) is 0 Å². The minimum absolute atomic E-state index is 0.0363. The third-order valence-electron chi connectivity index (χ3n) is 5.35. The third kappa shape index (κ3) is 4.85. The van der Waals surface area contributed by atoms with Crippen LogP contribution in [0.25, 0.3) is 0 Å². The van der Waals surface area contributed by atoms with Gasteiger partial charge >= 0.3 is 11.9 Å². The van der Waals surface area contributed by atoms with Gasteiger partial charge in [-0.15, -0.1) is 0 Å². The molecular weight excluding hydrogens is 344 g/mol. The summed E-state index contributed by atoms with van der Waals surface area (Å²) in [7, 11) is 0. The van der Waals surface area contributed by atoms with Crippen molar-refractivity contribution in [3.63, 3.8) is 0 Å². The van der Waals surface area contributed by atoms with Crippen molar-refractivity contribution < 1.29 is 23.9 Å². The fourth-order valence-electron chi connectivity index (χ4n) is 3.92. The Bertz CT molecular complexity index is 709. The number of ether oxygens (including phenoxy) is 2. The molecule has 1 heterocycles. The van der Waals surface area contributed by atoms with Gasteiger partial charge in [0.1, 0.15) is 12.2 Å². The highest BCUT2D eigenvalue weighted by Gasteiger charge is 2.50. The Morgan fingerprint density at radius 2 is 2.00 bits per heavy atom. The Hall–Kier alpha value is -2.43. The highest BCUT2D eigenvalue weighted by atomic mass is 16.6. The Kier molecular flexibility index (Phi) is 6.43. The number of hydrogen-bond acceptors (Lipinski definition) is 5. The SMILES string of the molecule is CCCCCC(=O)/C=C\[C@H]1[C@@H]2CC(=O)O[C@H]2C[C@H]1OC(=O)c1ccccc1. The second-order valence-corrected chi connectivity index (χ2v) is 7.30. The van der Waals surface area contributed by atoms with Gasteiger partial charge in [-0.1, -0.05) is 44.0 Å². The summed E-state index contributed by atoms with van der Waals surface area (Å²) >= 11 is 0. The maximum Gasteiger partial charge on any atom is 0.338 e. The summed E-state index contributed by atoms with van der Waals surface area (Å²) in [5.41, 5.74) is 0.491. The van der Waals surface area contributed by atoms with Crippen LogP contribution in [0.5, 0.6) is 0 Å². The lowest BCUT2D eigenvalue weighted by molar-refractivity contribution is -0.141. The summed E-state index contributed by atoms with van der Waals surface area (Å²) in [5.74, 6) is -0.745. The lowest BCUT2D eigenvalue weighted by Crippen LogP contribution is -2.24. The minimum atomic E-state index is -0.389. The zero-order valence-electron chi connectivity index (χ0n) is 15.6. The van der Waals surface area contributed by atoms with Gasteiger partial charge in [0.2, 0.25) is 0 Å². The molecule has 144 valence electrons. The molecule has 1 saturated carbocycles. The fourth-order valence-corrected chi connectivity index (χ4v) is 3.92. The molecule has 5 nitrogen and oxygen atoms in total. The number of benzene rings is 1. The summed E-state index contributed by atoms with van der Waals surface area (Å²) in [6, 6.07) is 8.83. The van der Waals surface area contributed by atoms with Gasteiger partial charge in [0.05, 0.1) is 12.0 Å². The number of fused-ring (bicyclic) bond motifs is 1. The summed E-state index contributed by atoms with van der Waals surface area (Å²) < 4.78 is 11.1. The molecule has 0 spiro atoms. The van der Waals surface area contributed by atoms with Crippen molar-refractivity contribution in [3.05, 3.63) is 48.0 Å². The largest absolute Gasteiger partial charge is 0.462 e. The standard InChI is InChI=1S/C22H26O5/c1-2-3-5-10-16(23)11-12-17-18-13-21(24)26-20(18)14-19(17)27-22(25)15-8-6-4-7-9-15/h4,6-9,11-12,17-20H,2-3,5,10,13-14H2,1H3/b12-11-/t17-,18-,19+,20-/m0/s1. The van der Waals surface area contributed by atoms with Crippen molar-refractivity contribution in [3.8, 4) is 0 Å². The topological polar surface area (TPSA) is 69.7 Å². The van der Waals surface area contributed by atoms with Crippen molar-refractivity contribution in [2.24, 2.45) is 11.8 Å². The zero-order chi connectivity index (χ0) is 19.2. The van der Waals surface area contributed by atoms with E-state index in [4.69, 9.17) is 9.47 Å². The Labute approximate surface area is 159 Å². The summed E-state index contributed by atoms with van der Waals surface area (Å²) in [6.45, 7) is 2.10. The van der Waals surface area contributed by atoms with Crippen molar-refractivity contribution in [1.82, 2.24) is 0 Å². The molecule has 1 aliphatic carbocycles. The molecule has 0 bridgehead atoms. The first kappa shape index (κ1) is 19.3. The molecule has 3 rings (SSSR count). The van der Waals surface area contributed by atoms with Crippen LogP contribution in [-0.4, -0.2) is 29.9 Å². The molecule has 0 radical (unpaired) electrons. The van der Waals surface area contributed by atoms with E-state index in [9.17, 15) is 14.4 Å². The van der Waals surface area contributed by atoms with Gasteiger partial charge in [-0.3, -0.25) is 9.59 Å². The Balaban J connectivity index is 1.67. The number of esters is 2. The van der Waals surface area contributed by atoms with E-state index in [1.54, 1.807) is 30.3 Å². The monoisotopic (exact) mass is 370 g/mol. The van der Waals surface area contributed by atoms with E-state index in [0.717, 1.165) is 19.3 Å². The molecule has 0 amide bonds.